The molecule has 0 amide bonds. The fourth-order valence-electron chi connectivity index (χ4n) is 1.88. The Hall–Kier alpha value is -1.17. The van der Waals surface area contributed by atoms with Crippen molar-refractivity contribution in [2.24, 2.45) is 0 Å². The molecule has 4 nitrogen and oxygen atoms in total. The Kier molecular flexibility index (Phi) is 6.98. The molecule has 1 rings (SSSR count). The third-order valence-corrected chi connectivity index (χ3v) is 8.97. The predicted octanol–water partition coefficient (Wildman–Crippen LogP) is 4.24. The van der Waals surface area contributed by atoms with Crippen LogP contribution in [0.25, 0.3) is 0 Å². The van der Waals surface area contributed by atoms with Crippen molar-refractivity contribution in [3.8, 4) is 0 Å². The Labute approximate surface area is 140 Å². The molecule has 0 saturated carbocycles. The predicted molar refractivity (Wildman–Crippen MR) is 95.2 cm³/mol. The largest absolute Gasteiger partial charge is 0.479 e. The highest BCUT2D eigenvalue weighted by Crippen LogP contribution is 2.37. The Balaban J connectivity index is 2.65. The molecule has 0 aromatic heterocycles. The highest BCUT2D eigenvalue weighted by Gasteiger charge is 2.36. The van der Waals surface area contributed by atoms with Crippen molar-refractivity contribution < 1.29 is 19.1 Å². The first-order valence-electron chi connectivity index (χ1n) is 8.13. The summed E-state index contributed by atoms with van der Waals surface area (Å²) >= 11 is 0. The summed E-state index contributed by atoms with van der Waals surface area (Å²) in [7, 11) is -1.75. The summed E-state index contributed by atoms with van der Waals surface area (Å²) in [5, 5.41) is 9.32. The Bertz CT molecular complexity index is 503. The van der Waals surface area contributed by atoms with Crippen LogP contribution in [0.5, 0.6) is 0 Å². The molecule has 0 fully saturated rings. The van der Waals surface area contributed by atoms with Gasteiger partial charge in [0, 0.05) is 13.0 Å². The normalized spacial score (nSPS) is 13.8. The first-order valence-corrected chi connectivity index (χ1v) is 11.0. The molecule has 0 heterocycles. The average molecular weight is 339 g/mol. The van der Waals surface area contributed by atoms with E-state index in [1.807, 2.05) is 24.3 Å². The molecule has 1 unspecified atom stereocenters. The van der Waals surface area contributed by atoms with E-state index in [4.69, 9.17) is 14.3 Å². The average Bonchev–Trinajstić information content (AvgIpc) is 2.44. The van der Waals surface area contributed by atoms with E-state index in [9.17, 15) is 4.79 Å². The third kappa shape index (κ3) is 6.09. The van der Waals surface area contributed by atoms with Gasteiger partial charge in [-0.1, -0.05) is 45.0 Å². The van der Waals surface area contributed by atoms with Gasteiger partial charge in [-0.15, -0.1) is 0 Å². The highest BCUT2D eigenvalue weighted by atomic mass is 28.4. The molecule has 1 aromatic carbocycles. The van der Waals surface area contributed by atoms with E-state index >= 15 is 0 Å². The number of benzene rings is 1. The maximum atomic E-state index is 11.1. The zero-order chi connectivity index (χ0) is 17.7. The van der Waals surface area contributed by atoms with Crippen LogP contribution in [0.4, 0.5) is 0 Å². The van der Waals surface area contributed by atoms with Crippen molar-refractivity contribution >= 4 is 14.3 Å². The number of carboxylic acids is 1. The third-order valence-electron chi connectivity index (χ3n) is 4.49. The number of ether oxygens (including phenoxy) is 1. The minimum absolute atomic E-state index is 0.194. The molecule has 1 aromatic rings. The lowest BCUT2D eigenvalue weighted by Gasteiger charge is -2.36. The molecule has 0 spiro atoms. The molecule has 0 aliphatic carbocycles. The van der Waals surface area contributed by atoms with Crippen molar-refractivity contribution in [3.05, 3.63) is 35.4 Å². The van der Waals surface area contributed by atoms with Gasteiger partial charge in [-0.05, 0) is 36.2 Å². The maximum Gasteiger partial charge on any atom is 0.333 e. The van der Waals surface area contributed by atoms with Gasteiger partial charge in [0.2, 0.25) is 0 Å². The Morgan fingerprint density at radius 3 is 2.13 bits per heavy atom. The standard InChI is InChI=1S/C18H30O4Si/c1-7-21-16(17(19)20)12-14-8-10-15(11-9-14)13-22-23(5,6)18(2,3)4/h8-11,16H,7,12-13H2,1-6H3,(H,19,20). The lowest BCUT2D eigenvalue weighted by atomic mass is 10.1. The number of carboxylic acid groups (broad SMARTS) is 1. The van der Waals surface area contributed by atoms with Crippen LogP contribution in [0, 0.1) is 0 Å². The Morgan fingerprint density at radius 2 is 1.70 bits per heavy atom. The van der Waals surface area contributed by atoms with Crippen molar-refractivity contribution in [2.45, 2.75) is 65.0 Å². The van der Waals surface area contributed by atoms with E-state index < -0.39 is 20.4 Å². The van der Waals surface area contributed by atoms with E-state index in [1.54, 1.807) is 6.92 Å². The summed E-state index contributed by atoms with van der Waals surface area (Å²) in [6.45, 7) is 13.9. The maximum absolute atomic E-state index is 11.1. The van der Waals surface area contributed by atoms with Crippen molar-refractivity contribution in [1.82, 2.24) is 0 Å². The van der Waals surface area contributed by atoms with Crippen LogP contribution in [0.1, 0.15) is 38.8 Å². The van der Waals surface area contributed by atoms with E-state index in [1.165, 1.54) is 0 Å². The summed E-state index contributed by atoms with van der Waals surface area (Å²) in [6.07, 6.45) is -0.402. The van der Waals surface area contributed by atoms with Gasteiger partial charge >= 0.3 is 5.97 Å². The molecular formula is C18H30O4Si. The number of hydrogen-bond acceptors (Lipinski definition) is 3. The molecule has 0 radical (unpaired) electrons. The molecule has 0 aliphatic rings. The topological polar surface area (TPSA) is 55.8 Å². The first-order chi connectivity index (χ1) is 10.6. The van der Waals surface area contributed by atoms with Crippen LogP contribution < -0.4 is 0 Å². The highest BCUT2D eigenvalue weighted by molar-refractivity contribution is 6.74. The van der Waals surface area contributed by atoms with E-state index in [0.717, 1.165) is 11.1 Å². The zero-order valence-electron chi connectivity index (χ0n) is 15.2. The van der Waals surface area contributed by atoms with Crippen LogP contribution in [0.3, 0.4) is 0 Å². The fraction of sp³-hybridized carbons (Fsp3) is 0.611. The number of rotatable bonds is 8. The van der Waals surface area contributed by atoms with Crippen LogP contribution >= 0.6 is 0 Å². The van der Waals surface area contributed by atoms with Gasteiger partial charge in [0.15, 0.2) is 14.4 Å². The number of aliphatic carboxylic acids is 1. The number of carbonyl (C=O) groups is 1. The SMILES string of the molecule is CCOC(Cc1ccc(CO[Si](C)(C)C(C)(C)C)cc1)C(=O)O. The summed E-state index contributed by atoms with van der Waals surface area (Å²) in [5.74, 6) is -0.919. The summed E-state index contributed by atoms with van der Waals surface area (Å²) in [6, 6.07) is 7.93. The van der Waals surface area contributed by atoms with Gasteiger partial charge in [-0.25, -0.2) is 4.79 Å². The van der Waals surface area contributed by atoms with Crippen LogP contribution in [-0.2, 0) is 27.0 Å². The summed E-state index contributed by atoms with van der Waals surface area (Å²) in [5.41, 5.74) is 2.07. The lowest BCUT2D eigenvalue weighted by molar-refractivity contribution is -0.149. The molecule has 1 atom stereocenters. The fourth-order valence-corrected chi connectivity index (χ4v) is 2.85. The minimum Gasteiger partial charge on any atom is -0.479 e. The summed E-state index contributed by atoms with van der Waals surface area (Å²) in [4.78, 5) is 11.1. The zero-order valence-corrected chi connectivity index (χ0v) is 16.2. The molecule has 5 heteroatoms. The van der Waals surface area contributed by atoms with E-state index in [-0.39, 0.29) is 5.04 Å². The number of hydrogen-bond donors (Lipinski definition) is 1. The van der Waals surface area contributed by atoms with E-state index in [2.05, 4.69) is 33.9 Å². The minimum atomic E-state index is -1.75. The molecule has 130 valence electrons. The molecule has 0 saturated heterocycles. The van der Waals surface area contributed by atoms with Gasteiger partial charge in [0.05, 0.1) is 6.61 Å². The Morgan fingerprint density at radius 1 is 1.17 bits per heavy atom. The van der Waals surface area contributed by atoms with Gasteiger partial charge in [-0.2, -0.15) is 0 Å². The van der Waals surface area contributed by atoms with E-state index in [0.29, 0.717) is 19.6 Å². The molecule has 1 N–H and O–H groups in total. The monoisotopic (exact) mass is 338 g/mol. The van der Waals surface area contributed by atoms with Crippen molar-refractivity contribution in [2.75, 3.05) is 6.61 Å². The first kappa shape index (κ1) is 19.9. The van der Waals surface area contributed by atoms with Crippen LogP contribution in [-0.4, -0.2) is 32.1 Å². The van der Waals surface area contributed by atoms with Crippen molar-refractivity contribution in [3.63, 3.8) is 0 Å². The molecule has 0 aliphatic heterocycles. The van der Waals surface area contributed by atoms with Gasteiger partial charge in [-0.3, -0.25) is 0 Å². The second-order valence-electron chi connectivity index (χ2n) is 7.35. The van der Waals surface area contributed by atoms with Crippen LogP contribution in [0.2, 0.25) is 18.1 Å². The van der Waals surface area contributed by atoms with Gasteiger partial charge in [0.25, 0.3) is 0 Å². The quantitative estimate of drug-likeness (QED) is 0.720. The lowest BCUT2D eigenvalue weighted by Crippen LogP contribution is -2.40. The summed E-state index contributed by atoms with van der Waals surface area (Å²) < 4.78 is 11.4. The molecule has 23 heavy (non-hydrogen) atoms. The molecular weight excluding hydrogens is 308 g/mol. The second kappa shape index (κ2) is 8.08. The van der Waals surface area contributed by atoms with Crippen LogP contribution in [0.15, 0.2) is 24.3 Å². The second-order valence-corrected chi connectivity index (χ2v) is 12.2. The smallest absolute Gasteiger partial charge is 0.333 e. The molecule has 0 bridgehead atoms. The van der Waals surface area contributed by atoms with Crippen molar-refractivity contribution in [1.29, 1.82) is 0 Å². The van der Waals surface area contributed by atoms with Gasteiger partial charge in [0.1, 0.15) is 0 Å². The van der Waals surface area contributed by atoms with Gasteiger partial charge < -0.3 is 14.3 Å².